The smallest absolute Gasteiger partial charge is 0.261 e. The van der Waals surface area contributed by atoms with Crippen LogP contribution in [0.2, 0.25) is 4.34 Å². The van der Waals surface area contributed by atoms with Gasteiger partial charge in [0.1, 0.15) is 16.8 Å². The van der Waals surface area contributed by atoms with Crippen molar-refractivity contribution in [1.82, 2.24) is 14.9 Å². The summed E-state index contributed by atoms with van der Waals surface area (Å²) in [4.78, 5) is 41.6. The number of carbonyl (C=O) groups is 3. The third-order valence-corrected chi connectivity index (χ3v) is 9.89. The first-order valence-electron chi connectivity index (χ1n) is 14.1. The number of benzene rings is 1. The second-order valence-corrected chi connectivity index (χ2v) is 14.1. The Morgan fingerprint density at radius 3 is 2.49 bits per heavy atom. The first-order chi connectivity index (χ1) is 20.4. The van der Waals surface area contributed by atoms with Gasteiger partial charge >= 0.3 is 0 Å². The SMILES string of the molecule is COc1c(N2CCCCC2=O)cc(F)cc1S(=O)(=O)N[C@@H](CNC(=O)c1ccc(Cl)s1)C(=O)N1CCC(OC(C)C)CC1. The second-order valence-electron chi connectivity index (χ2n) is 10.7. The predicted molar refractivity (Wildman–Crippen MR) is 161 cm³/mol. The van der Waals surface area contributed by atoms with Crippen LogP contribution in [-0.4, -0.2) is 82.6 Å². The zero-order valence-electron chi connectivity index (χ0n) is 24.2. The first kappa shape index (κ1) is 33.1. The van der Waals surface area contributed by atoms with Crippen LogP contribution in [0.25, 0.3) is 0 Å². The lowest BCUT2D eigenvalue weighted by Crippen LogP contribution is -2.55. The number of ether oxygens (including phenoxy) is 2. The van der Waals surface area contributed by atoms with E-state index in [1.54, 1.807) is 6.07 Å². The van der Waals surface area contributed by atoms with Crippen molar-refractivity contribution < 1.29 is 36.7 Å². The molecule has 0 bridgehead atoms. The maximum atomic E-state index is 14.9. The van der Waals surface area contributed by atoms with E-state index in [0.717, 1.165) is 23.5 Å². The number of hydrogen-bond acceptors (Lipinski definition) is 8. The van der Waals surface area contributed by atoms with Crippen molar-refractivity contribution in [3.8, 4) is 5.75 Å². The number of piperidine rings is 2. The largest absolute Gasteiger partial charge is 0.493 e. The number of anilines is 1. The van der Waals surface area contributed by atoms with Gasteiger partial charge in [0.2, 0.25) is 21.8 Å². The summed E-state index contributed by atoms with van der Waals surface area (Å²) < 4.78 is 56.5. The van der Waals surface area contributed by atoms with E-state index >= 15 is 0 Å². The number of thiophene rings is 1. The number of nitrogens with zero attached hydrogens (tertiary/aromatic N) is 2. The highest BCUT2D eigenvalue weighted by atomic mass is 35.5. The van der Waals surface area contributed by atoms with Gasteiger partial charge < -0.3 is 24.6 Å². The fourth-order valence-electron chi connectivity index (χ4n) is 5.19. The molecule has 2 aromatic rings. The summed E-state index contributed by atoms with van der Waals surface area (Å²) >= 11 is 6.98. The van der Waals surface area contributed by atoms with Crippen molar-refractivity contribution in [2.24, 2.45) is 0 Å². The van der Waals surface area contributed by atoms with Gasteiger partial charge in [-0.25, -0.2) is 12.8 Å². The fourth-order valence-corrected chi connectivity index (χ4v) is 7.53. The van der Waals surface area contributed by atoms with Crippen molar-refractivity contribution in [2.45, 2.75) is 69.1 Å². The Morgan fingerprint density at radius 1 is 1.16 bits per heavy atom. The molecule has 0 unspecified atom stereocenters. The van der Waals surface area contributed by atoms with Crippen molar-refractivity contribution in [1.29, 1.82) is 0 Å². The molecule has 43 heavy (non-hydrogen) atoms. The Hall–Kier alpha value is -2.78. The maximum absolute atomic E-state index is 14.9. The molecule has 3 amide bonds. The summed E-state index contributed by atoms with van der Waals surface area (Å²) in [6, 6.07) is 3.47. The van der Waals surface area contributed by atoms with Gasteiger partial charge in [0.15, 0.2) is 5.75 Å². The van der Waals surface area contributed by atoms with E-state index in [4.69, 9.17) is 21.1 Å². The van der Waals surface area contributed by atoms with E-state index in [9.17, 15) is 27.2 Å². The van der Waals surface area contributed by atoms with Crippen LogP contribution in [0.5, 0.6) is 5.75 Å². The molecule has 2 aliphatic rings. The molecule has 11 nitrogen and oxygen atoms in total. The van der Waals surface area contributed by atoms with Crippen LogP contribution < -0.4 is 19.7 Å². The molecule has 2 N–H and O–H groups in total. The number of halogens is 2. The Kier molecular flexibility index (Phi) is 11.0. The normalized spacial score (nSPS) is 17.3. The fraction of sp³-hybridized carbons (Fsp3) is 0.536. The van der Waals surface area contributed by atoms with Gasteiger partial charge in [-0.15, -0.1) is 11.3 Å². The van der Waals surface area contributed by atoms with Crippen molar-refractivity contribution in [2.75, 3.05) is 38.2 Å². The molecule has 0 spiro atoms. The standard InChI is InChI=1S/C28H36ClFN4O7S2/c1-17(2)41-19-9-12-33(13-10-19)28(37)20(16-31-27(36)22-7-8-24(29)42-22)32-43(38,39)23-15-18(30)14-21(26(23)40-3)34-11-5-4-6-25(34)35/h7-8,14-15,17,19-20,32H,4-6,9-13,16H2,1-3H3,(H,31,36)/t20-/m0/s1. The zero-order valence-corrected chi connectivity index (χ0v) is 26.6. The minimum Gasteiger partial charge on any atom is -0.493 e. The molecule has 1 atom stereocenters. The molecule has 2 saturated heterocycles. The van der Waals surface area contributed by atoms with Gasteiger partial charge in [0, 0.05) is 38.7 Å². The minimum atomic E-state index is -4.62. The summed E-state index contributed by atoms with van der Waals surface area (Å²) in [5.41, 5.74) is -0.00875. The summed E-state index contributed by atoms with van der Waals surface area (Å²) in [5.74, 6) is -2.49. The van der Waals surface area contributed by atoms with E-state index in [1.165, 1.54) is 23.0 Å². The number of rotatable bonds is 11. The van der Waals surface area contributed by atoms with Crippen LogP contribution >= 0.6 is 22.9 Å². The third-order valence-electron chi connectivity index (χ3n) is 7.19. The molecule has 0 aliphatic carbocycles. The molecule has 1 aromatic heterocycles. The van der Waals surface area contributed by atoms with Gasteiger partial charge in [0.05, 0.1) is 34.2 Å². The Balaban J connectivity index is 1.61. The van der Waals surface area contributed by atoms with Crippen molar-refractivity contribution >= 4 is 56.4 Å². The molecule has 4 rings (SSSR count). The number of amides is 3. The lowest BCUT2D eigenvalue weighted by atomic mass is 10.1. The van der Waals surface area contributed by atoms with Gasteiger partial charge in [-0.05, 0) is 57.7 Å². The van der Waals surface area contributed by atoms with Crippen LogP contribution in [0.3, 0.4) is 0 Å². The highest BCUT2D eigenvalue weighted by molar-refractivity contribution is 7.89. The minimum absolute atomic E-state index is 0.00875. The van der Waals surface area contributed by atoms with Gasteiger partial charge in [0.25, 0.3) is 5.91 Å². The molecule has 3 heterocycles. The lowest BCUT2D eigenvalue weighted by molar-refractivity contribution is -0.136. The molecule has 2 aliphatic heterocycles. The van der Waals surface area contributed by atoms with E-state index in [2.05, 4.69) is 10.0 Å². The van der Waals surface area contributed by atoms with E-state index < -0.39 is 38.6 Å². The van der Waals surface area contributed by atoms with Crippen LogP contribution in [0.15, 0.2) is 29.2 Å². The second kappa shape index (κ2) is 14.3. The van der Waals surface area contributed by atoms with Crippen LogP contribution in [0.1, 0.15) is 55.6 Å². The zero-order chi connectivity index (χ0) is 31.3. The van der Waals surface area contributed by atoms with Gasteiger partial charge in [-0.3, -0.25) is 14.4 Å². The summed E-state index contributed by atoms with van der Waals surface area (Å²) in [6.45, 7) is 4.41. The highest BCUT2D eigenvalue weighted by Gasteiger charge is 2.35. The summed E-state index contributed by atoms with van der Waals surface area (Å²) in [5, 5.41) is 2.61. The maximum Gasteiger partial charge on any atom is 0.261 e. The Morgan fingerprint density at radius 2 is 1.88 bits per heavy atom. The number of methoxy groups -OCH3 is 1. The molecule has 0 radical (unpaired) electrons. The van der Waals surface area contributed by atoms with E-state index in [0.29, 0.717) is 43.1 Å². The van der Waals surface area contributed by atoms with Crippen LogP contribution in [-0.2, 0) is 24.3 Å². The Labute approximate surface area is 259 Å². The monoisotopic (exact) mass is 658 g/mol. The molecular formula is C28H36ClFN4O7S2. The average Bonchev–Trinajstić information content (AvgIpc) is 3.41. The summed E-state index contributed by atoms with van der Waals surface area (Å²) in [6.07, 6.45) is 2.70. The lowest BCUT2D eigenvalue weighted by Gasteiger charge is -2.35. The molecule has 2 fully saturated rings. The van der Waals surface area contributed by atoms with E-state index in [1.807, 2.05) is 13.8 Å². The quantitative estimate of drug-likeness (QED) is 0.377. The van der Waals surface area contributed by atoms with Crippen LogP contribution in [0, 0.1) is 5.82 Å². The Bertz CT molecular complexity index is 1440. The number of carbonyl (C=O) groups excluding carboxylic acids is 3. The van der Waals surface area contributed by atoms with E-state index in [-0.39, 0.29) is 53.9 Å². The van der Waals surface area contributed by atoms with Crippen molar-refractivity contribution in [3.63, 3.8) is 0 Å². The molecule has 1 aromatic carbocycles. The van der Waals surface area contributed by atoms with Gasteiger partial charge in [-0.1, -0.05) is 11.6 Å². The van der Waals surface area contributed by atoms with Crippen LogP contribution in [0.4, 0.5) is 10.1 Å². The predicted octanol–water partition coefficient (Wildman–Crippen LogP) is 3.56. The average molecular weight is 659 g/mol. The molecular weight excluding hydrogens is 623 g/mol. The van der Waals surface area contributed by atoms with Crippen molar-refractivity contribution in [3.05, 3.63) is 39.3 Å². The number of likely N-dealkylation sites (tertiary alicyclic amines) is 1. The topological polar surface area (TPSA) is 134 Å². The number of hydrogen-bond donors (Lipinski definition) is 2. The first-order valence-corrected chi connectivity index (χ1v) is 16.8. The molecule has 236 valence electrons. The number of sulfonamides is 1. The summed E-state index contributed by atoms with van der Waals surface area (Å²) in [7, 11) is -3.39. The molecule has 0 saturated carbocycles. The number of nitrogens with one attached hydrogen (secondary N) is 2. The highest BCUT2D eigenvalue weighted by Crippen LogP contribution is 2.38. The van der Waals surface area contributed by atoms with Gasteiger partial charge in [-0.2, -0.15) is 4.72 Å². The molecule has 15 heteroatoms. The third kappa shape index (κ3) is 8.24.